The normalized spacial score (nSPS) is 27.6. The van der Waals surface area contributed by atoms with Gasteiger partial charge in [0, 0.05) is 42.0 Å². The number of aryl methyl sites for hydroxylation is 1. The summed E-state index contributed by atoms with van der Waals surface area (Å²) in [4.78, 5) is 4.47. The number of fused-ring (bicyclic) bond motifs is 3. The highest BCUT2D eigenvalue weighted by atomic mass is 19.3. The molecule has 3 aliphatic rings. The predicted octanol–water partition coefficient (Wildman–Crippen LogP) is 6.21. The highest BCUT2D eigenvalue weighted by Crippen LogP contribution is 2.57. The van der Waals surface area contributed by atoms with Crippen LogP contribution in [-0.4, -0.2) is 11.5 Å². The number of aromatic nitrogens is 1. The van der Waals surface area contributed by atoms with Gasteiger partial charge in [0.1, 0.15) is 0 Å². The molecule has 144 valence electrons. The van der Waals surface area contributed by atoms with Crippen molar-refractivity contribution >= 4 is 5.69 Å². The molecule has 5 rings (SSSR count). The number of benzene rings is 1. The fourth-order valence-corrected chi connectivity index (χ4v) is 4.92. The third-order valence-electron chi connectivity index (χ3n) is 6.90. The first-order chi connectivity index (χ1) is 12.8. The smallest absolute Gasteiger partial charge is 0.272 e. The molecular weight excluding hydrogens is 342 g/mol. The largest absolute Gasteiger partial charge is 0.384 e. The monoisotopic (exact) mass is 370 g/mol. The lowest BCUT2D eigenvalue weighted by Gasteiger charge is -2.53. The van der Waals surface area contributed by atoms with E-state index in [0.29, 0.717) is 5.41 Å². The van der Waals surface area contributed by atoms with Gasteiger partial charge in [-0.1, -0.05) is 12.1 Å². The molecule has 2 nitrogen and oxygen atoms in total. The van der Waals surface area contributed by atoms with E-state index in [-0.39, 0.29) is 11.0 Å². The maximum Gasteiger partial charge on any atom is 0.272 e. The minimum atomic E-state index is -2.82. The van der Waals surface area contributed by atoms with Crippen LogP contribution < -0.4 is 5.32 Å². The Kier molecular flexibility index (Phi) is 4.48. The van der Waals surface area contributed by atoms with Crippen molar-refractivity contribution in [3.8, 4) is 0 Å². The molecule has 27 heavy (non-hydrogen) atoms. The third-order valence-corrected chi connectivity index (χ3v) is 6.90. The molecule has 0 atom stereocenters. The van der Waals surface area contributed by atoms with E-state index in [4.69, 9.17) is 0 Å². The Labute approximate surface area is 160 Å². The van der Waals surface area contributed by atoms with Gasteiger partial charge in [-0.15, -0.1) is 0 Å². The average molecular weight is 370 g/mol. The standard InChI is InChI=1S/C23H28F2N2/c1-17-4-3-5-19(14-17)27-16-22-8-11-23(12-9-22,13-10-22)20-7-6-18(15-26-20)21(2,24)25/h3-7,14-15,27H,8-13,16H2,1-2H3. The Morgan fingerprint density at radius 1 is 1.04 bits per heavy atom. The Bertz CT molecular complexity index is 783. The van der Waals surface area contributed by atoms with E-state index >= 15 is 0 Å². The van der Waals surface area contributed by atoms with Gasteiger partial charge in [-0.05, 0) is 80.7 Å². The topological polar surface area (TPSA) is 24.9 Å². The molecular formula is C23H28F2N2. The van der Waals surface area contributed by atoms with Crippen LogP contribution in [0.1, 0.15) is 62.3 Å². The average Bonchev–Trinajstić information content (AvgIpc) is 2.68. The van der Waals surface area contributed by atoms with E-state index in [0.717, 1.165) is 38.4 Å². The molecule has 0 spiro atoms. The van der Waals surface area contributed by atoms with Gasteiger partial charge in [0.2, 0.25) is 0 Å². The van der Waals surface area contributed by atoms with Crippen LogP contribution in [0.2, 0.25) is 0 Å². The second kappa shape index (κ2) is 6.57. The van der Waals surface area contributed by atoms with Crippen molar-refractivity contribution in [2.75, 3.05) is 11.9 Å². The van der Waals surface area contributed by atoms with Crippen LogP contribution >= 0.6 is 0 Å². The Balaban J connectivity index is 1.43. The molecule has 0 saturated heterocycles. The maximum atomic E-state index is 13.5. The van der Waals surface area contributed by atoms with Gasteiger partial charge < -0.3 is 5.32 Å². The number of alkyl halides is 2. The number of anilines is 1. The number of nitrogens with zero attached hydrogens (tertiary/aromatic N) is 1. The van der Waals surface area contributed by atoms with Gasteiger partial charge in [0.25, 0.3) is 5.92 Å². The number of pyridine rings is 1. The molecule has 0 radical (unpaired) electrons. The summed E-state index contributed by atoms with van der Waals surface area (Å²) in [6, 6.07) is 11.9. The molecule has 2 bridgehead atoms. The molecule has 1 aromatic heterocycles. The molecule has 3 aliphatic carbocycles. The maximum absolute atomic E-state index is 13.5. The highest BCUT2D eigenvalue weighted by molar-refractivity contribution is 5.45. The van der Waals surface area contributed by atoms with Gasteiger partial charge in [0.15, 0.2) is 0 Å². The van der Waals surface area contributed by atoms with Crippen molar-refractivity contribution in [3.05, 3.63) is 59.4 Å². The molecule has 1 aromatic carbocycles. The summed E-state index contributed by atoms with van der Waals surface area (Å²) in [6.45, 7) is 4.06. The van der Waals surface area contributed by atoms with E-state index < -0.39 is 5.92 Å². The van der Waals surface area contributed by atoms with Crippen molar-refractivity contribution in [1.29, 1.82) is 0 Å². The van der Waals surface area contributed by atoms with Crippen molar-refractivity contribution in [1.82, 2.24) is 4.98 Å². The van der Waals surface area contributed by atoms with E-state index in [1.165, 1.54) is 36.7 Å². The Morgan fingerprint density at radius 3 is 2.30 bits per heavy atom. The van der Waals surface area contributed by atoms with Crippen molar-refractivity contribution < 1.29 is 8.78 Å². The van der Waals surface area contributed by atoms with Crippen LogP contribution in [0, 0.1) is 12.3 Å². The second-order valence-electron chi connectivity index (χ2n) is 8.82. The summed E-state index contributed by atoms with van der Waals surface area (Å²) in [7, 11) is 0. The number of hydrogen-bond donors (Lipinski definition) is 1. The van der Waals surface area contributed by atoms with E-state index in [1.807, 2.05) is 6.07 Å². The minimum absolute atomic E-state index is 0.00553. The third kappa shape index (κ3) is 3.59. The second-order valence-corrected chi connectivity index (χ2v) is 8.82. The zero-order valence-electron chi connectivity index (χ0n) is 16.2. The van der Waals surface area contributed by atoms with Crippen LogP contribution in [0.4, 0.5) is 14.5 Å². The number of hydrogen-bond acceptors (Lipinski definition) is 2. The molecule has 1 N–H and O–H groups in total. The number of nitrogens with one attached hydrogen (secondary N) is 1. The molecule has 0 unspecified atom stereocenters. The lowest BCUT2D eigenvalue weighted by atomic mass is 9.52. The lowest BCUT2D eigenvalue weighted by molar-refractivity contribution is 0.0167. The van der Waals surface area contributed by atoms with Gasteiger partial charge in [-0.25, -0.2) is 8.78 Å². The summed E-state index contributed by atoms with van der Waals surface area (Å²) < 4.78 is 26.9. The fourth-order valence-electron chi connectivity index (χ4n) is 4.92. The molecule has 3 fully saturated rings. The quantitative estimate of drug-likeness (QED) is 0.677. The van der Waals surface area contributed by atoms with E-state index in [2.05, 4.69) is 41.5 Å². The summed E-state index contributed by atoms with van der Waals surface area (Å²) in [5.41, 5.74) is 3.94. The van der Waals surface area contributed by atoms with Crippen LogP contribution in [-0.2, 0) is 11.3 Å². The van der Waals surface area contributed by atoms with Crippen LogP contribution in [0.3, 0.4) is 0 Å². The van der Waals surface area contributed by atoms with Gasteiger partial charge in [-0.3, -0.25) is 4.98 Å². The number of rotatable bonds is 5. The summed E-state index contributed by atoms with van der Waals surface area (Å²) in [5, 5.41) is 3.65. The van der Waals surface area contributed by atoms with Gasteiger partial charge in [-0.2, -0.15) is 0 Å². The Morgan fingerprint density at radius 2 is 1.74 bits per heavy atom. The van der Waals surface area contributed by atoms with Gasteiger partial charge in [0.05, 0.1) is 0 Å². The van der Waals surface area contributed by atoms with Crippen molar-refractivity contribution in [3.63, 3.8) is 0 Å². The summed E-state index contributed by atoms with van der Waals surface area (Å²) in [6.07, 6.45) is 8.24. The van der Waals surface area contributed by atoms with Gasteiger partial charge >= 0.3 is 0 Å². The van der Waals surface area contributed by atoms with E-state index in [9.17, 15) is 8.78 Å². The Hall–Kier alpha value is -1.97. The minimum Gasteiger partial charge on any atom is -0.384 e. The summed E-state index contributed by atoms with van der Waals surface area (Å²) >= 11 is 0. The van der Waals surface area contributed by atoms with Crippen LogP contribution in [0.15, 0.2) is 42.6 Å². The zero-order chi connectivity index (χ0) is 19.1. The first kappa shape index (κ1) is 18.4. The zero-order valence-corrected chi connectivity index (χ0v) is 16.2. The fraction of sp³-hybridized carbons (Fsp3) is 0.522. The molecule has 0 amide bonds. The summed E-state index contributed by atoms with van der Waals surface area (Å²) in [5.74, 6) is -2.82. The molecule has 2 aromatic rings. The van der Waals surface area contributed by atoms with Crippen molar-refractivity contribution in [2.24, 2.45) is 5.41 Å². The SMILES string of the molecule is Cc1cccc(NCC23CCC(c4ccc(C(C)(F)F)cn4)(CC2)CC3)c1. The lowest BCUT2D eigenvalue weighted by Crippen LogP contribution is -2.47. The van der Waals surface area contributed by atoms with Crippen molar-refractivity contribution in [2.45, 2.75) is 63.7 Å². The number of halogens is 2. The molecule has 3 saturated carbocycles. The first-order valence-corrected chi connectivity index (χ1v) is 9.96. The van der Waals surface area contributed by atoms with Crippen LogP contribution in [0.5, 0.6) is 0 Å². The van der Waals surface area contributed by atoms with E-state index in [1.54, 1.807) is 6.07 Å². The predicted molar refractivity (Wildman–Crippen MR) is 105 cm³/mol. The molecule has 0 aliphatic heterocycles. The van der Waals surface area contributed by atoms with Crippen LogP contribution in [0.25, 0.3) is 0 Å². The highest BCUT2D eigenvalue weighted by Gasteiger charge is 2.49. The molecule has 1 heterocycles. The first-order valence-electron chi connectivity index (χ1n) is 9.96. The molecule has 4 heteroatoms.